The standard InChI is InChI=1S/C11H22N2O2/c1-9(8-14)3-2-4-13-11(15)5-10-6-12-7-10/h9-10,12,14H,2-8H2,1H3,(H,13,15). The van der Waals surface area contributed by atoms with Crippen LogP contribution in [0.15, 0.2) is 0 Å². The third-order valence-electron chi connectivity index (χ3n) is 2.85. The van der Waals surface area contributed by atoms with Crippen molar-refractivity contribution in [2.45, 2.75) is 26.2 Å². The molecule has 1 aliphatic rings. The third kappa shape index (κ3) is 5.14. The summed E-state index contributed by atoms with van der Waals surface area (Å²) >= 11 is 0. The maximum Gasteiger partial charge on any atom is 0.220 e. The number of aliphatic hydroxyl groups excluding tert-OH is 1. The quantitative estimate of drug-likeness (QED) is 0.528. The molecule has 1 saturated heterocycles. The Hall–Kier alpha value is -0.610. The maximum absolute atomic E-state index is 11.4. The Bertz CT molecular complexity index is 193. The molecule has 0 spiro atoms. The van der Waals surface area contributed by atoms with Crippen LogP contribution in [-0.2, 0) is 4.79 Å². The zero-order chi connectivity index (χ0) is 11.1. The molecule has 0 radical (unpaired) electrons. The lowest BCUT2D eigenvalue weighted by Crippen LogP contribution is -2.44. The molecule has 3 N–H and O–H groups in total. The number of carbonyl (C=O) groups is 1. The molecule has 1 heterocycles. The minimum Gasteiger partial charge on any atom is -0.396 e. The third-order valence-corrected chi connectivity index (χ3v) is 2.85. The molecule has 1 amide bonds. The Morgan fingerprint density at radius 3 is 2.87 bits per heavy atom. The normalized spacial score (nSPS) is 18.3. The molecule has 88 valence electrons. The van der Waals surface area contributed by atoms with Gasteiger partial charge in [-0.2, -0.15) is 0 Å². The van der Waals surface area contributed by atoms with Crippen LogP contribution in [0.3, 0.4) is 0 Å². The van der Waals surface area contributed by atoms with Gasteiger partial charge < -0.3 is 15.7 Å². The van der Waals surface area contributed by atoms with Crippen molar-refractivity contribution in [2.75, 3.05) is 26.2 Å². The van der Waals surface area contributed by atoms with Gasteiger partial charge in [-0.15, -0.1) is 0 Å². The first-order valence-electron chi connectivity index (χ1n) is 5.80. The smallest absolute Gasteiger partial charge is 0.220 e. The Morgan fingerprint density at radius 2 is 2.33 bits per heavy atom. The lowest BCUT2D eigenvalue weighted by Gasteiger charge is -2.26. The first kappa shape index (κ1) is 12.5. The largest absolute Gasteiger partial charge is 0.396 e. The monoisotopic (exact) mass is 214 g/mol. The molecule has 1 fully saturated rings. The van der Waals surface area contributed by atoms with Gasteiger partial charge in [0.25, 0.3) is 0 Å². The van der Waals surface area contributed by atoms with Crippen molar-refractivity contribution in [3.63, 3.8) is 0 Å². The highest BCUT2D eigenvalue weighted by Crippen LogP contribution is 2.07. The van der Waals surface area contributed by atoms with Crippen molar-refractivity contribution >= 4 is 5.91 Å². The summed E-state index contributed by atoms with van der Waals surface area (Å²) in [7, 11) is 0. The number of aliphatic hydroxyl groups is 1. The fourth-order valence-electron chi connectivity index (χ4n) is 1.60. The van der Waals surface area contributed by atoms with Crippen LogP contribution in [0, 0.1) is 11.8 Å². The Balaban J connectivity index is 1.92. The van der Waals surface area contributed by atoms with E-state index in [9.17, 15) is 4.79 Å². The van der Waals surface area contributed by atoms with Crippen molar-refractivity contribution in [2.24, 2.45) is 11.8 Å². The highest BCUT2D eigenvalue weighted by molar-refractivity contribution is 5.76. The van der Waals surface area contributed by atoms with Gasteiger partial charge >= 0.3 is 0 Å². The zero-order valence-electron chi connectivity index (χ0n) is 9.46. The lowest BCUT2D eigenvalue weighted by molar-refractivity contribution is -0.122. The first-order valence-corrected chi connectivity index (χ1v) is 5.80. The van der Waals surface area contributed by atoms with Crippen LogP contribution < -0.4 is 10.6 Å². The molecule has 1 rings (SSSR count). The van der Waals surface area contributed by atoms with E-state index in [1.165, 1.54) is 0 Å². The summed E-state index contributed by atoms with van der Waals surface area (Å²) in [5.41, 5.74) is 0. The van der Waals surface area contributed by atoms with Gasteiger partial charge in [0.2, 0.25) is 5.91 Å². The second kappa shape index (κ2) is 6.80. The summed E-state index contributed by atoms with van der Waals surface area (Å²) in [5.74, 6) is 1.05. The number of hydrogen-bond donors (Lipinski definition) is 3. The van der Waals surface area contributed by atoms with Gasteiger partial charge in [-0.3, -0.25) is 4.79 Å². The van der Waals surface area contributed by atoms with E-state index in [1.807, 2.05) is 6.92 Å². The fraction of sp³-hybridized carbons (Fsp3) is 0.909. The van der Waals surface area contributed by atoms with Gasteiger partial charge in [-0.05, 0) is 37.8 Å². The molecule has 0 aromatic heterocycles. The van der Waals surface area contributed by atoms with Crippen LogP contribution in [0.25, 0.3) is 0 Å². The number of carbonyl (C=O) groups excluding carboxylic acids is 1. The highest BCUT2D eigenvalue weighted by Gasteiger charge is 2.19. The van der Waals surface area contributed by atoms with E-state index in [0.717, 1.165) is 32.5 Å². The number of hydrogen-bond acceptors (Lipinski definition) is 3. The topological polar surface area (TPSA) is 61.4 Å². The van der Waals surface area contributed by atoms with Crippen LogP contribution in [-0.4, -0.2) is 37.3 Å². The summed E-state index contributed by atoms with van der Waals surface area (Å²) in [6.45, 7) is 4.96. The molecule has 1 unspecified atom stereocenters. The first-order chi connectivity index (χ1) is 7.22. The van der Waals surface area contributed by atoms with Gasteiger partial charge in [0, 0.05) is 19.6 Å². The zero-order valence-corrected chi connectivity index (χ0v) is 9.46. The molecular formula is C11H22N2O2. The summed E-state index contributed by atoms with van der Waals surface area (Å²) in [6, 6.07) is 0. The van der Waals surface area contributed by atoms with Gasteiger partial charge in [0.05, 0.1) is 0 Å². The van der Waals surface area contributed by atoms with Gasteiger partial charge in [0.1, 0.15) is 0 Å². The van der Waals surface area contributed by atoms with E-state index in [1.54, 1.807) is 0 Å². The molecule has 4 nitrogen and oxygen atoms in total. The molecule has 15 heavy (non-hydrogen) atoms. The predicted octanol–water partition coefficient (Wildman–Crippen LogP) is 0.121. The molecule has 0 bridgehead atoms. The van der Waals surface area contributed by atoms with Gasteiger partial charge in [-0.1, -0.05) is 6.92 Å². The average molecular weight is 214 g/mol. The molecule has 0 aliphatic carbocycles. The molecule has 4 heteroatoms. The van der Waals surface area contributed by atoms with E-state index in [2.05, 4.69) is 10.6 Å². The van der Waals surface area contributed by atoms with Crippen molar-refractivity contribution in [3.8, 4) is 0 Å². The van der Waals surface area contributed by atoms with Crippen LogP contribution in [0.4, 0.5) is 0 Å². The van der Waals surface area contributed by atoms with E-state index in [-0.39, 0.29) is 12.5 Å². The number of nitrogens with one attached hydrogen (secondary N) is 2. The summed E-state index contributed by atoms with van der Waals surface area (Å²) in [4.78, 5) is 11.4. The second-order valence-electron chi connectivity index (χ2n) is 4.51. The lowest BCUT2D eigenvalue weighted by atomic mass is 9.99. The number of amides is 1. The molecule has 0 aromatic rings. The highest BCUT2D eigenvalue weighted by atomic mass is 16.3. The van der Waals surface area contributed by atoms with Gasteiger partial charge in [0.15, 0.2) is 0 Å². The molecule has 0 aromatic carbocycles. The predicted molar refractivity (Wildman–Crippen MR) is 59.5 cm³/mol. The van der Waals surface area contributed by atoms with Crippen molar-refractivity contribution in [1.29, 1.82) is 0 Å². The van der Waals surface area contributed by atoms with Crippen LogP contribution in [0.2, 0.25) is 0 Å². The van der Waals surface area contributed by atoms with Crippen LogP contribution >= 0.6 is 0 Å². The Labute approximate surface area is 91.4 Å². The number of rotatable bonds is 7. The van der Waals surface area contributed by atoms with Crippen molar-refractivity contribution in [1.82, 2.24) is 10.6 Å². The summed E-state index contributed by atoms with van der Waals surface area (Å²) in [5, 5.41) is 14.9. The van der Waals surface area contributed by atoms with E-state index >= 15 is 0 Å². The molecule has 1 atom stereocenters. The van der Waals surface area contributed by atoms with Crippen molar-refractivity contribution in [3.05, 3.63) is 0 Å². The average Bonchev–Trinajstić information content (AvgIpc) is 2.18. The second-order valence-corrected chi connectivity index (χ2v) is 4.51. The van der Waals surface area contributed by atoms with Crippen LogP contribution in [0.5, 0.6) is 0 Å². The fourth-order valence-corrected chi connectivity index (χ4v) is 1.60. The Kier molecular flexibility index (Phi) is 5.65. The SMILES string of the molecule is CC(CO)CCCNC(=O)CC1CNC1. The maximum atomic E-state index is 11.4. The summed E-state index contributed by atoms with van der Waals surface area (Å²) < 4.78 is 0. The minimum atomic E-state index is 0.165. The van der Waals surface area contributed by atoms with E-state index in [0.29, 0.717) is 18.3 Å². The van der Waals surface area contributed by atoms with Gasteiger partial charge in [-0.25, -0.2) is 0 Å². The minimum absolute atomic E-state index is 0.165. The summed E-state index contributed by atoms with van der Waals surface area (Å²) in [6.07, 6.45) is 2.58. The Morgan fingerprint density at radius 1 is 1.60 bits per heavy atom. The van der Waals surface area contributed by atoms with Crippen LogP contribution in [0.1, 0.15) is 26.2 Å². The molecule has 1 aliphatic heterocycles. The molecule has 0 saturated carbocycles. The molecular weight excluding hydrogens is 192 g/mol. The van der Waals surface area contributed by atoms with Crippen molar-refractivity contribution < 1.29 is 9.90 Å². The van der Waals surface area contributed by atoms with E-state index in [4.69, 9.17) is 5.11 Å². The van der Waals surface area contributed by atoms with E-state index < -0.39 is 0 Å².